The summed E-state index contributed by atoms with van der Waals surface area (Å²) in [5.74, 6) is 0.548. The van der Waals surface area contributed by atoms with Crippen LogP contribution >= 0.6 is 0 Å². The molecule has 0 bridgehead atoms. The molecule has 0 aromatic heterocycles. The molecule has 0 spiro atoms. The third kappa shape index (κ3) is 5.09. The Morgan fingerprint density at radius 1 is 1.04 bits per heavy atom. The number of hydrogen-bond donors (Lipinski definition) is 2. The zero-order valence-electron chi connectivity index (χ0n) is 15.1. The number of benzene rings is 2. The predicted octanol–water partition coefficient (Wildman–Crippen LogP) is 3.17. The van der Waals surface area contributed by atoms with Gasteiger partial charge in [0.1, 0.15) is 5.75 Å². The molecule has 26 heavy (non-hydrogen) atoms. The van der Waals surface area contributed by atoms with Crippen LogP contribution in [0.1, 0.15) is 30.4 Å². The van der Waals surface area contributed by atoms with E-state index < -0.39 is 0 Å². The highest BCUT2D eigenvalue weighted by Crippen LogP contribution is 2.24. The molecule has 138 valence electrons. The zero-order chi connectivity index (χ0) is 18.4. The quantitative estimate of drug-likeness (QED) is 0.839. The number of aryl methyl sites for hydroxylation is 1. The fraction of sp³-hybridized carbons (Fsp3) is 0.409. The van der Waals surface area contributed by atoms with Gasteiger partial charge < -0.3 is 15.1 Å². The number of hydrogen-bond acceptors (Lipinski definition) is 3. The van der Waals surface area contributed by atoms with Crippen molar-refractivity contribution >= 4 is 5.91 Å². The summed E-state index contributed by atoms with van der Waals surface area (Å²) in [4.78, 5) is 14.3. The van der Waals surface area contributed by atoms with Crippen molar-refractivity contribution in [1.82, 2.24) is 4.90 Å². The standard InChI is InChI=1S/C22H27NO3/c24-20-8-4-7-18(15-20)16-22(26)23-13-11-19(12-14-23)21(25)10-9-17-5-2-1-3-6-17/h1-8,15,19,21,24-25H,9-14,16H2. The highest BCUT2D eigenvalue weighted by atomic mass is 16.3. The van der Waals surface area contributed by atoms with E-state index in [1.807, 2.05) is 29.2 Å². The Balaban J connectivity index is 1.43. The lowest BCUT2D eigenvalue weighted by Gasteiger charge is -2.34. The van der Waals surface area contributed by atoms with Crippen LogP contribution in [0.5, 0.6) is 5.75 Å². The summed E-state index contributed by atoms with van der Waals surface area (Å²) in [6.07, 6.45) is 3.36. The Labute approximate surface area is 155 Å². The summed E-state index contributed by atoms with van der Waals surface area (Å²) in [6.45, 7) is 1.40. The van der Waals surface area contributed by atoms with E-state index >= 15 is 0 Å². The molecule has 1 atom stereocenters. The van der Waals surface area contributed by atoms with Crippen LogP contribution < -0.4 is 0 Å². The number of nitrogens with zero attached hydrogens (tertiary/aromatic N) is 1. The Hall–Kier alpha value is -2.33. The van der Waals surface area contributed by atoms with Crippen LogP contribution in [0.3, 0.4) is 0 Å². The maximum atomic E-state index is 12.4. The number of phenols is 1. The molecule has 1 saturated heterocycles. The molecule has 1 aliphatic heterocycles. The third-order valence-corrected chi connectivity index (χ3v) is 5.27. The lowest BCUT2D eigenvalue weighted by Crippen LogP contribution is -2.42. The second kappa shape index (κ2) is 8.86. The summed E-state index contributed by atoms with van der Waals surface area (Å²) >= 11 is 0. The van der Waals surface area contributed by atoms with Crippen LogP contribution in [-0.2, 0) is 17.6 Å². The lowest BCUT2D eigenvalue weighted by molar-refractivity contribution is -0.132. The fourth-order valence-corrected chi connectivity index (χ4v) is 3.68. The van der Waals surface area contributed by atoms with Crippen molar-refractivity contribution in [3.8, 4) is 5.75 Å². The molecule has 2 aromatic carbocycles. The smallest absolute Gasteiger partial charge is 0.226 e. The van der Waals surface area contributed by atoms with Crippen molar-refractivity contribution < 1.29 is 15.0 Å². The van der Waals surface area contributed by atoms with Crippen LogP contribution in [0.15, 0.2) is 54.6 Å². The highest BCUT2D eigenvalue weighted by Gasteiger charge is 2.27. The first kappa shape index (κ1) is 18.5. The molecule has 1 unspecified atom stereocenters. The van der Waals surface area contributed by atoms with Gasteiger partial charge in [-0.1, -0.05) is 42.5 Å². The average molecular weight is 353 g/mol. The molecule has 3 rings (SSSR count). The normalized spacial score (nSPS) is 16.4. The molecule has 4 heteroatoms. The van der Waals surface area contributed by atoms with Gasteiger partial charge in [-0.3, -0.25) is 4.79 Å². The van der Waals surface area contributed by atoms with E-state index in [0.717, 1.165) is 31.2 Å². The number of carbonyl (C=O) groups is 1. The van der Waals surface area contributed by atoms with E-state index in [1.54, 1.807) is 18.2 Å². The molecule has 4 nitrogen and oxygen atoms in total. The van der Waals surface area contributed by atoms with E-state index in [-0.39, 0.29) is 23.7 Å². The number of aliphatic hydroxyl groups excluding tert-OH is 1. The van der Waals surface area contributed by atoms with Crippen molar-refractivity contribution in [1.29, 1.82) is 0 Å². The number of aromatic hydroxyl groups is 1. The molecule has 0 saturated carbocycles. The van der Waals surface area contributed by atoms with Crippen molar-refractivity contribution in [2.45, 2.75) is 38.2 Å². The first-order valence-corrected chi connectivity index (χ1v) is 9.39. The minimum atomic E-state index is -0.307. The van der Waals surface area contributed by atoms with Gasteiger partial charge in [-0.05, 0) is 54.9 Å². The SMILES string of the molecule is O=C(Cc1cccc(O)c1)N1CCC(C(O)CCc2ccccc2)CC1. The molecule has 1 aliphatic rings. The van der Waals surface area contributed by atoms with Crippen molar-refractivity contribution in [2.24, 2.45) is 5.92 Å². The Bertz CT molecular complexity index is 708. The Morgan fingerprint density at radius 3 is 2.42 bits per heavy atom. The van der Waals surface area contributed by atoms with Gasteiger partial charge in [0.15, 0.2) is 0 Å². The Morgan fingerprint density at radius 2 is 1.73 bits per heavy atom. The maximum Gasteiger partial charge on any atom is 0.226 e. The first-order valence-electron chi connectivity index (χ1n) is 9.39. The van der Waals surface area contributed by atoms with Gasteiger partial charge >= 0.3 is 0 Å². The van der Waals surface area contributed by atoms with Crippen LogP contribution in [0, 0.1) is 5.92 Å². The van der Waals surface area contributed by atoms with Crippen LogP contribution in [0.2, 0.25) is 0 Å². The molecule has 2 aromatic rings. The van der Waals surface area contributed by atoms with Gasteiger partial charge in [0.05, 0.1) is 12.5 Å². The number of likely N-dealkylation sites (tertiary alicyclic amines) is 1. The van der Waals surface area contributed by atoms with E-state index in [9.17, 15) is 15.0 Å². The molecule has 1 amide bonds. The average Bonchev–Trinajstić information content (AvgIpc) is 2.67. The maximum absolute atomic E-state index is 12.4. The highest BCUT2D eigenvalue weighted by molar-refractivity contribution is 5.79. The minimum absolute atomic E-state index is 0.0906. The van der Waals surface area contributed by atoms with Gasteiger partial charge in [-0.2, -0.15) is 0 Å². The molecular formula is C22H27NO3. The lowest BCUT2D eigenvalue weighted by atomic mass is 9.88. The number of amides is 1. The van der Waals surface area contributed by atoms with Gasteiger partial charge in [-0.15, -0.1) is 0 Å². The Kier molecular flexibility index (Phi) is 6.29. The minimum Gasteiger partial charge on any atom is -0.508 e. The zero-order valence-corrected chi connectivity index (χ0v) is 15.1. The number of aliphatic hydroxyl groups is 1. The molecular weight excluding hydrogens is 326 g/mol. The van der Waals surface area contributed by atoms with E-state index in [0.29, 0.717) is 19.5 Å². The molecule has 0 radical (unpaired) electrons. The van der Waals surface area contributed by atoms with Crippen molar-refractivity contribution in [2.75, 3.05) is 13.1 Å². The number of piperidine rings is 1. The van der Waals surface area contributed by atoms with Crippen LogP contribution in [0.4, 0.5) is 0 Å². The number of rotatable bonds is 6. The van der Waals surface area contributed by atoms with E-state index in [1.165, 1.54) is 5.56 Å². The summed E-state index contributed by atoms with van der Waals surface area (Å²) in [6, 6.07) is 17.1. The van der Waals surface area contributed by atoms with Gasteiger partial charge in [0, 0.05) is 13.1 Å². The number of carbonyl (C=O) groups excluding carboxylic acids is 1. The number of phenolic OH excluding ortho intramolecular Hbond substituents is 1. The van der Waals surface area contributed by atoms with Crippen LogP contribution in [-0.4, -0.2) is 40.2 Å². The van der Waals surface area contributed by atoms with Gasteiger partial charge in [-0.25, -0.2) is 0 Å². The largest absolute Gasteiger partial charge is 0.508 e. The van der Waals surface area contributed by atoms with E-state index in [4.69, 9.17) is 0 Å². The van der Waals surface area contributed by atoms with E-state index in [2.05, 4.69) is 12.1 Å². The first-order chi connectivity index (χ1) is 12.6. The second-order valence-corrected chi connectivity index (χ2v) is 7.16. The molecule has 0 aliphatic carbocycles. The van der Waals surface area contributed by atoms with Crippen LogP contribution in [0.25, 0.3) is 0 Å². The monoisotopic (exact) mass is 353 g/mol. The second-order valence-electron chi connectivity index (χ2n) is 7.16. The van der Waals surface area contributed by atoms with Gasteiger partial charge in [0.2, 0.25) is 5.91 Å². The summed E-state index contributed by atoms with van der Waals surface area (Å²) in [5, 5.41) is 20.0. The third-order valence-electron chi connectivity index (χ3n) is 5.27. The predicted molar refractivity (Wildman–Crippen MR) is 102 cm³/mol. The molecule has 1 fully saturated rings. The van der Waals surface area contributed by atoms with Crippen molar-refractivity contribution in [3.63, 3.8) is 0 Å². The summed E-state index contributed by atoms with van der Waals surface area (Å²) < 4.78 is 0. The molecule has 1 heterocycles. The summed E-state index contributed by atoms with van der Waals surface area (Å²) in [5.41, 5.74) is 2.09. The van der Waals surface area contributed by atoms with Gasteiger partial charge in [0.25, 0.3) is 0 Å². The topological polar surface area (TPSA) is 60.8 Å². The van der Waals surface area contributed by atoms with Crippen molar-refractivity contribution in [3.05, 3.63) is 65.7 Å². The molecule has 2 N–H and O–H groups in total. The summed E-state index contributed by atoms with van der Waals surface area (Å²) in [7, 11) is 0. The fourth-order valence-electron chi connectivity index (χ4n) is 3.68.